The Kier molecular flexibility index (Phi) is 4.62. The molecule has 0 spiro atoms. The molecule has 0 saturated heterocycles. The van der Waals surface area contributed by atoms with Crippen molar-refractivity contribution >= 4 is 11.8 Å². The smallest absolute Gasteiger partial charge is 0.294 e. The minimum Gasteiger partial charge on any atom is -0.489 e. The lowest BCUT2D eigenvalue weighted by atomic mass is 10.2. The van der Waals surface area contributed by atoms with E-state index in [1.165, 1.54) is 38.4 Å². The topological polar surface area (TPSA) is 90.9 Å². The summed E-state index contributed by atoms with van der Waals surface area (Å²) < 4.78 is 17.7. The van der Waals surface area contributed by atoms with Gasteiger partial charge >= 0.3 is 0 Å². The Morgan fingerprint density at radius 1 is 1.45 bits per heavy atom. The summed E-state index contributed by atoms with van der Waals surface area (Å²) >= 11 is 0. The van der Waals surface area contributed by atoms with E-state index in [2.05, 4.69) is 10.6 Å². The van der Waals surface area contributed by atoms with Crippen molar-refractivity contribution in [2.24, 2.45) is 0 Å². The highest BCUT2D eigenvalue weighted by atomic mass is 19.1. The van der Waals surface area contributed by atoms with Gasteiger partial charge in [-0.1, -0.05) is 12.1 Å². The van der Waals surface area contributed by atoms with Gasteiger partial charge in [-0.2, -0.15) is 0 Å². The number of carbonyl (C=O) groups excluding carboxylic acids is 2. The van der Waals surface area contributed by atoms with Gasteiger partial charge in [0.05, 0.1) is 7.11 Å². The first-order valence-electron chi connectivity index (χ1n) is 6.46. The number of rotatable bonds is 4. The summed E-state index contributed by atoms with van der Waals surface area (Å²) in [6.45, 7) is 0.140. The van der Waals surface area contributed by atoms with Crippen molar-refractivity contribution in [3.63, 3.8) is 0 Å². The SMILES string of the molecule is COC1=C(C(=O)NCc2ccc(F)cc2)NC(O)N(C)C1=O. The lowest BCUT2D eigenvalue weighted by molar-refractivity contribution is -0.143. The molecule has 0 aliphatic carbocycles. The second-order valence-corrected chi connectivity index (χ2v) is 4.65. The molecule has 1 aliphatic rings. The van der Waals surface area contributed by atoms with Crippen LogP contribution in [-0.4, -0.2) is 42.3 Å². The molecular formula is C14H16FN3O4. The highest BCUT2D eigenvalue weighted by molar-refractivity contribution is 6.04. The average Bonchev–Trinajstić information content (AvgIpc) is 2.51. The number of nitrogens with one attached hydrogen (secondary N) is 2. The number of aliphatic hydroxyl groups is 1. The van der Waals surface area contributed by atoms with E-state index in [1.807, 2.05) is 0 Å². The van der Waals surface area contributed by atoms with Crippen LogP contribution in [0.25, 0.3) is 0 Å². The minimum absolute atomic E-state index is 0.140. The van der Waals surface area contributed by atoms with Crippen LogP contribution in [0, 0.1) is 5.82 Å². The van der Waals surface area contributed by atoms with E-state index in [0.717, 1.165) is 4.90 Å². The van der Waals surface area contributed by atoms with Gasteiger partial charge in [0.1, 0.15) is 5.82 Å². The molecule has 1 aromatic carbocycles. The number of nitrogens with zero attached hydrogens (tertiary/aromatic N) is 1. The Bertz CT molecular complexity index is 615. The van der Waals surface area contributed by atoms with E-state index < -0.39 is 18.2 Å². The standard InChI is InChI=1S/C14H16FN3O4/c1-18-13(20)11(22-2)10(17-14(18)21)12(19)16-7-8-3-5-9(15)6-4-8/h3-6,14,17,21H,7H2,1-2H3,(H,16,19). The normalized spacial score (nSPS) is 18.1. The lowest BCUT2D eigenvalue weighted by Crippen LogP contribution is -2.54. The van der Waals surface area contributed by atoms with Crippen molar-refractivity contribution in [3.05, 3.63) is 47.1 Å². The van der Waals surface area contributed by atoms with Crippen LogP contribution >= 0.6 is 0 Å². The molecule has 1 atom stereocenters. The first-order valence-corrected chi connectivity index (χ1v) is 6.46. The summed E-state index contributed by atoms with van der Waals surface area (Å²) in [5.74, 6) is -1.78. The molecule has 0 aromatic heterocycles. The second-order valence-electron chi connectivity index (χ2n) is 4.65. The number of carbonyl (C=O) groups is 2. The molecule has 1 unspecified atom stereocenters. The number of aliphatic hydroxyl groups excluding tert-OH is 1. The Hall–Kier alpha value is -2.61. The minimum atomic E-state index is -1.32. The Labute approximate surface area is 126 Å². The molecule has 0 saturated carbocycles. The van der Waals surface area contributed by atoms with Crippen LogP contribution in [-0.2, 0) is 20.9 Å². The number of methoxy groups -OCH3 is 1. The lowest BCUT2D eigenvalue weighted by Gasteiger charge is -2.31. The number of benzene rings is 1. The van der Waals surface area contributed by atoms with Gasteiger partial charge in [0.25, 0.3) is 11.8 Å². The second kappa shape index (κ2) is 6.44. The van der Waals surface area contributed by atoms with Crippen LogP contribution in [0.2, 0.25) is 0 Å². The maximum atomic E-state index is 12.8. The zero-order chi connectivity index (χ0) is 16.3. The highest BCUT2D eigenvalue weighted by Crippen LogP contribution is 2.14. The number of likely N-dealkylation sites (N-methyl/N-ethyl adjacent to an activating group) is 1. The van der Waals surface area contributed by atoms with Crippen molar-refractivity contribution in [3.8, 4) is 0 Å². The number of amides is 2. The molecule has 0 radical (unpaired) electrons. The molecule has 1 aliphatic heterocycles. The molecule has 22 heavy (non-hydrogen) atoms. The van der Waals surface area contributed by atoms with Gasteiger partial charge in [0.15, 0.2) is 5.70 Å². The zero-order valence-electron chi connectivity index (χ0n) is 12.1. The summed E-state index contributed by atoms with van der Waals surface area (Å²) in [6, 6.07) is 5.62. The number of hydrogen-bond donors (Lipinski definition) is 3. The van der Waals surface area contributed by atoms with Crippen LogP contribution in [0.3, 0.4) is 0 Å². The Balaban J connectivity index is 2.11. The number of hydrogen-bond acceptors (Lipinski definition) is 5. The maximum Gasteiger partial charge on any atom is 0.294 e. The molecule has 1 aromatic rings. The van der Waals surface area contributed by atoms with Crippen molar-refractivity contribution in [1.82, 2.24) is 15.5 Å². The van der Waals surface area contributed by atoms with Gasteiger partial charge in [-0.25, -0.2) is 4.39 Å². The molecule has 2 rings (SSSR count). The van der Waals surface area contributed by atoms with Gasteiger partial charge in [-0.3, -0.25) is 14.5 Å². The van der Waals surface area contributed by atoms with E-state index in [1.54, 1.807) is 0 Å². The third-order valence-corrected chi connectivity index (χ3v) is 3.18. The Morgan fingerprint density at radius 2 is 2.09 bits per heavy atom. The fourth-order valence-electron chi connectivity index (χ4n) is 1.90. The average molecular weight is 309 g/mol. The predicted octanol–water partition coefficient (Wildman–Crippen LogP) is -0.363. The first kappa shape index (κ1) is 15.8. The van der Waals surface area contributed by atoms with Gasteiger partial charge in [0.2, 0.25) is 12.1 Å². The van der Waals surface area contributed by atoms with Crippen LogP contribution in [0.4, 0.5) is 4.39 Å². The summed E-state index contributed by atoms with van der Waals surface area (Å²) in [5.41, 5.74) is 0.536. The summed E-state index contributed by atoms with van der Waals surface area (Å²) in [6.07, 6.45) is -1.32. The van der Waals surface area contributed by atoms with Gasteiger partial charge in [0, 0.05) is 13.6 Å². The molecule has 118 valence electrons. The van der Waals surface area contributed by atoms with Crippen LogP contribution in [0.15, 0.2) is 35.7 Å². The quantitative estimate of drug-likeness (QED) is 0.706. The fraction of sp³-hybridized carbons (Fsp3) is 0.286. The molecule has 0 bridgehead atoms. The third-order valence-electron chi connectivity index (χ3n) is 3.18. The predicted molar refractivity (Wildman–Crippen MR) is 74.2 cm³/mol. The monoisotopic (exact) mass is 309 g/mol. The highest BCUT2D eigenvalue weighted by Gasteiger charge is 2.34. The summed E-state index contributed by atoms with van der Waals surface area (Å²) in [5, 5.41) is 14.7. The van der Waals surface area contributed by atoms with E-state index in [4.69, 9.17) is 4.74 Å². The molecule has 3 N–H and O–H groups in total. The zero-order valence-corrected chi connectivity index (χ0v) is 12.1. The fourth-order valence-corrected chi connectivity index (χ4v) is 1.90. The van der Waals surface area contributed by atoms with Crippen molar-refractivity contribution < 1.29 is 23.8 Å². The van der Waals surface area contributed by atoms with E-state index in [-0.39, 0.29) is 23.8 Å². The Morgan fingerprint density at radius 3 is 2.68 bits per heavy atom. The maximum absolute atomic E-state index is 12.8. The number of halogens is 1. The van der Waals surface area contributed by atoms with Crippen LogP contribution in [0.5, 0.6) is 0 Å². The van der Waals surface area contributed by atoms with Gasteiger partial charge in [-0.05, 0) is 17.7 Å². The van der Waals surface area contributed by atoms with Crippen molar-refractivity contribution in [1.29, 1.82) is 0 Å². The summed E-state index contributed by atoms with van der Waals surface area (Å²) in [7, 11) is 2.62. The third kappa shape index (κ3) is 3.17. The van der Waals surface area contributed by atoms with Crippen molar-refractivity contribution in [2.75, 3.05) is 14.2 Å². The molecule has 0 fully saturated rings. The van der Waals surface area contributed by atoms with E-state index in [0.29, 0.717) is 5.56 Å². The molecule has 8 heteroatoms. The first-order chi connectivity index (χ1) is 10.4. The molecule has 1 heterocycles. The van der Waals surface area contributed by atoms with Gasteiger partial charge < -0.3 is 20.5 Å². The molecular weight excluding hydrogens is 293 g/mol. The molecule has 7 nitrogen and oxygen atoms in total. The van der Waals surface area contributed by atoms with Crippen LogP contribution in [0.1, 0.15) is 5.56 Å². The summed E-state index contributed by atoms with van der Waals surface area (Å²) in [4.78, 5) is 25.0. The molecule has 2 amide bonds. The van der Waals surface area contributed by atoms with E-state index in [9.17, 15) is 19.1 Å². The van der Waals surface area contributed by atoms with Crippen LogP contribution < -0.4 is 10.6 Å². The van der Waals surface area contributed by atoms with E-state index >= 15 is 0 Å². The van der Waals surface area contributed by atoms with Gasteiger partial charge in [-0.15, -0.1) is 0 Å². The largest absolute Gasteiger partial charge is 0.489 e. The van der Waals surface area contributed by atoms with Crippen molar-refractivity contribution in [2.45, 2.75) is 12.9 Å². The number of ether oxygens (including phenoxy) is 1.